The van der Waals surface area contributed by atoms with Gasteiger partial charge in [0.2, 0.25) is 0 Å². The van der Waals surface area contributed by atoms with Crippen LogP contribution < -0.4 is 0 Å². The predicted molar refractivity (Wildman–Crippen MR) is 74.5 cm³/mol. The zero-order valence-electron chi connectivity index (χ0n) is 10.2. The van der Waals surface area contributed by atoms with Crippen molar-refractivity contribution in [3.05, 3.63) is 65.1 Å². The van der Waals surface area contributed by atoms with Gasteiger partial charge in [0, 0.05) is 29.2 Å². The summed E-state index contributed by atoms with van der Waals surface area (Å²) in [4.78, 5) is 4.40. The Hall–Kier alpha value is -1.87. The van der Waals surface area contributed by atoms with Crippen LogP contribution in [0, 0.1) is 0 Å². The van der Waals surface area contributed by atoms with E-state index >= 15 is 0 Å². The van der Waals surface area contributed by atoms with E-state index in [1.807, 2.05) is 29.0 Å². The first-order valence-electron chi connectivity index (χ1n) is 6.36. The average molecular weight is 270 g/mol. The molecule has 0 unspecified atom stereocenters. The smallest absolute Gasteiger partial charge is 0.156 e. The summed E-state index contributed by atoms with van der Waals surface area (Å²) in [5.74, 6) is 1.13. The third-order valence-electron chi connectivity index (χ3n) is 3.81. The van der Waals surface area contributed by atoms with E-state index in [4.69, 9.17) is 11.6 Å². The molecule has 4 heteroatoms. The number of halogens is 1. The summed E-state index contributed by atoms with van der Waals surface area (Å²) in [5, 5.41) is 5.05. The molecule has 4 rings (SSSR count). The molecule has 94 valence electrons. The minimum absolute atomic E-state index is 0.550. The molecule has 1 fully saturated rings. The van der Waals surface area contributed by atoms with Gasteiger partial charge in [-0.25, -0.2) is 9.50 Å². The first-order chi connectivity index (χ1) is 9.33. The van der Waals surface area contributed by atoms with Crippen molar-refractivity contribution in [2.75, 3.05) is 0 Å². The molecule has 0 saturated heterocycles. The highest BCUT2D eigenvalue weighted by atomic mass is 35.5. The number of aromatic nitrogens is 3. The van der Waals surface area contributed by atoms with E-state index in [1.54, 1.807) is 6.20 Å². The lowest BCUT2D eigenvalue weighted by molar-refractivity contribution is 0.905. The Labute approximate surface area is 115 Å². The molecule has 0 bridgehead atoms. The van der Waals surface area contributed by atoms with E-state index in [0.29, 0.717) is 11.8 Å². The molecule has 0 amide bonds. The second kappa shape index (κ2) is 4.07. The van der Waals surface area contributed by atoms with Crippen molar-refractivity contribution in [1.82, 2.24) is 14.6 Å². The van der Waals surface area contributed by atoms with Crippen molar-refractivity contribution < 1.29 is 0 Å². The van der Waals surface area contributed by atoms with Crippen molar-refractivity contribution >= 4 is 17.2 Å². The Morgan fingerprint density at radius 3 is 2.74 bits per heavy atom. The topological polar surface area (TPSA) is 30.2 Å². The maximum absolute atomic E-state index is 5.93. The quantitative estimate of drug-likeness (QED) is 0.711. The molecule has 0 aliphatic heterocycles. The van der Waals surface area contributed by atoms with Crippen LogP contribution in [0.2, 0.25) is 5.02 Å². The summed E-state index contributed by atoms with van der Waals surface area (Å²) in [6, 6.07) is 10.3. The van der Waals surface area contributed by atoms with Crippen LogP contribution in [0.1, 0.15) is 29.4 Å². The maximum atomic E-state index is 5.93. The fourth-order valence-corrected chi connectivity index (χ4v) is 2.89. The second-order valence-electron chi connectivity index (χ2n) is 4.98. The van der Waals surface area contributed by atoms with Crippen LogP contribution in [-0.4, -0.2) is 14.6 Å². The fraction of sp³-hybridized carbons (Fsp3) is 0.200. The lowest BCUT2D eigenvalue weighted by Crippen LogP contribution is -1.94. The predicted octanol–water partition coefficient (Wildman–Crippen LogP) is 3.65. The monoisotopic (exact) mass is 269 g/mol. The number of imidazole rings is 1. The molecule has 1 aliphatic rings. The molecular weight excluding hydrogens is 258 g/mol. The highest BCUT2D eigenvalue weighted by molar-refractivity contribution is 6.30. The van der Waals surface area contributed by atoms with Crippen LogP contribution in [0.4, 0.5) is 0 Å². The van der Waals surface area contributed by atoms with Crippen molar-refractivity contribution in [3.63, 3.8) is 0 Å². The molecule has 19 heavy (non-hydrogen) atoms. The number of hydrogen-bond donors (Lipinski definition) is 0. The molecule has 0 spiro atoms. The largest absolute Gasteiger partial charge is 0.235 e. The SMILES string of the molecule is Clc1ccc([C@@H]2C[C@H]2c2ccnn3ccnc23)cc1. The molecule has 0 radical (unpaired) electrons. The first kappa shape index (κ1) is 11.0. The van der Waals surface area contributed by atoms with E-state index in [-0.39, 0.29) is 0 Å². The van der Waals surface area contributed by atoms with Crippen LogP contribution in [-0.2, 0) is 0 Å². The van der Waals surface area contributed by atoms with E-state index in [2.05, 4.69) is 28.3 Å². The highest BCUT2D eigenvalue weighted by Crippen LogP contribution is 2.55. The van der Waals surface area contributed by atoms with Gasteiger partial charge < -0.3 is 0 Å². The van der Waals surface area contributed by atoms with E-state index in [9.17, 15) is 0 Å². The number of nitrogens with zero attached hydrogens (tertiary/aromatic N) is 3. The summed E-state index contributed by atoms with van der Waals surface area (Å²) < 4.78 is 1.84. The lowest BCUT2D eigenvalue weighted by atomic mass is 10.1. The fourth-order valence-electron chi connectivity index (χ4n) is 2.76. The summed E-state index contributed by atoms with van der Waals surface area (Å²) in [5.41, 5.74) is 3.62. The van der Waals surface area contributed by atoms with Gasteiger partial charge in [-0.05, 0) is 42.0 Å². The number of benzene rings is 1. The van der Waals surface area contributed by atoms with Gasteiger partial charge >= 0.3 is 0 Å². The van der Waals surface area contributed by atoms with E-state index in [0.717, 1.165) is 10.7 Å². The van der Waals surface area contributed by atoms with Crippen molar-refractivity contribution in [1.29, 1.82) is 0 Å². The van der Waals surface area contributed by atoms with E-state index in [1.165, 1.54) is 17.5 Å². The van der Waals surface area contributed by atoms with Crippen LogP contribution in [0.15, 0.2) is 48.9 Å². The molecule has 1 saturated carbocycles. The Morgan fingerprint density at radius 1 is 1.05 bits per heavy atom. The molecule has 1 aliphatic carbocycles. The second-order valence-corrected chi connectivity index (χ2v) is 5.42. The minimum Gasteiger partial charge on any atom is -0.235 e. The van der Waals surface area contributed by atoms with Crippen LogP contribution in [0.3, 0.4) is 0 Å². The number of hydrogen-bond acceptors (Lipinski definition) is 2. The molecule has 2 heterocycles. The number of rotatable bonds is 2. The summed E-state index contributed by atoms with van der Waals surface area (Å²) >= 11 is 5.93. The first-order valence-corrected chi connectivity index (χ1v) is 6.74. The van der Waals surface area contributed by atoms with Gasteiger partial charge in [-0.15, -0.1) is 0 Å². The molecule has 1 aromatic carbocycles. The van der Waals surface area contributed by atoms with Gasteiger partial charge in [-0.3, -0.25) is 0 Å². The Balaban J connectivity index is 1.69. The Morgan fingerprint density at radius 2 is 1.89 bits per heavy atom. The zero-order chi connectivity index (χ0) is 12.8. The van der Waals surface area contributed by atoms with Gasteiger partial charge in [0.25, 0.3) is 0 Å². The van der Waals surface area contributed by atoms with Gasteiger partial charge in [-0.2, -0.15) is 5.10 Å². The lowest BCUT2D eigenvalue weighted by Gasteiger charge is -2.03. The standard InChI is InChI=1S/C15H12ClN3/c16-11-3-1-10(2-4-11)13-9-14(13)12-5-6-18-19-8-7-17-15(12)19/h1-8,13-14H,9H2/t13-,14-/m0/s1. The molecule has 2 atom stereocenters. The van der Waals surface area contributed by atoms with Gasteiger partial charge in [-0.1, -0.05) is 23.7 Å². The minimum atomic E-state index is 0.550. The molecule has 0 N–H and O–H groups in total. The Bertz CT molecular complexity index is 732. The van der Waals surface area contributed by atoms with Crippen molar-refractivity contribution in [2.45, 2.75) is 18.3 Å². The molecule has 3 nitrogen and oxygen atoms in total. The van der Waals surface area contributed by atoms with Gasteiger partial charge in [0.05, 0.1) is 0 Å². The molecule has 3 aromatic rings. The molecule has 2 aromatic heterocycles. The maximum Gasteiger partial charge on any atom is 0.156 e. The van der Waals surface area contributed by atoms with Crippen LogP contribution >= 0.6 is 11.6 Å². The van der Waals surface area contributed by atoms with Gasteiger partial charge in [0.1, 0.15) is 0 Å². The molecular formula is C15H12ClN3. The average Bonchev–Trinajstić information content (AvgIpc) is 3.07. The summed E-state index contributed by atoms with van der Waals surface area (Å²) in [6.45, 7) is 0. The highest BCUT2D eigenvalue weighted by Gasteiger charge is 2.40. The third-order valence-corrected chi connectivity index (χ3v) is 4.07. The zero-order valence-corrected chi connectivity index (χ0v) is 11.0. The summed E-state index contributed by atoms with van der Waals surface area (Å²) in [7, 11) is 0. The van der Waals surface area contributed by atoms with Crippen LogP contribution in [0.25, 0.3) is 5.65 Å². The normalized spacial score (nSPS) is 21.7. The van der Waals surface area contributed by atoms with Crippen molar-refractivity contribution in [3.8, 4) is 0 Å². The Kier molecular flexibility index (Phi) is 2.35. The van der Waals surface area contributed by atoms with Crippen LogP contribution in [0.5, 0.6) is 0 Å². The van der Waals surface area contributed by atoms with Gasteiger partial charge in [0.15, 0.2) is 5.65 Å². The third kappa shape index (κ3) is 1.81. The van der Waals surface area contributed by atoms with Crippen molar-refractivity contribution in [2.24, 2.45) is 0 Å². The van der Waals surface area contributed by atoms with E-state index < -0.39 is 0 Å². The number of fused-ring (bicyclic) bond motifs is 1. The summed E-state index contributed by atoms with van der Waals surface area (Å²) in [6.07, 6.45) is 6.71.